The maximum Gasteiger partial charge on any atom is 0.311 e. The van der Waals surface area contributed by atoms with Gasteiger partial charge in [0.2, 0.25) is 5.82 Å². The van der Waals surface area contributed by atoms with Gasteiger partial charge >= 0.3 is 5.69 Å². The largest absolute Gasteiger partial charge is 0.373 e. The predicted molar refractivity (Wildman–Crippen MR) is 50.0 cm³/mol. The predicted octanol–water partition coefficient (Wildman–Crippen LogP) is 1.07. The fraction of sp³-hybridized carbons (Fsp3) is 0.286. The van der Waals surface area contributed by atoms with Gasteiger partial charge < -0.3 is 10.6 Å². The summed E-state index contributed by atoms with van der Waals surface area (Å²) in [5, 5.41) is 15.9. The zero-order valence-corrected chi connectivity index (χ0v) is 7.37. The second-order valence-corrected chi connectivity index (χ2v) is 2.32. The van der Waals surface area contributed by atoms with Gasteiger partial charge in [-0.05, 0) is 6.07 Å². The van der Waals surface area contributed by atoms with Crippen molar-refractivity contribution in [2.45, 2.75) is 0 Å². The van der Waals surface area contributed by atoms with Crippen LogP contribution in [0.4, 0.5) is 17.3 Å². The maximum absolute atomic E-state index is 10.5. The number of pyridine rings is 1. The van der Waals surface area contributed by atoms with Crippen LogP contribution >= 0.6 is 0 Å². The van der Waals surface area contributed by atoms with Gasteiger partial charge in [-0.1, -0.05) is 0 Å². The van der Waals surface area contributed by atoms with E-state index < -0.39 is 4.92 Å². The summed E-state index contributed by atoms with van der Waals surface area (Å²) in [6.07, 6.45) is 0. The van der Waals surface area contributed by atoms with E-state index in [1.165, 1.54) is 6.07 Å². The molecule has 0 bridgehead atoms. The third kappa shape index (κ3) is 1.84. The van der Waals surface area contributed by atoms with Crippen molar-refractivity contribution in [1.82, 2.24) is 4.98 Å². The average Bonchev–Trinajstić information content (AvgIpc) is 2.16. The van der Waals surface area contributed by atoms with Crippen molar-refractivity contribution in [2.24, 2.45) is 0 Å². The van der Waals surface area contributed by atoms with E-state index in [9.17, 15) is 10.1 Å². The molecule has 0 atom stereocenters. The molecule has 1 aromatic heterocycles. The molecular weight excluding hydrogens is 172 g/mol. The van der Waals surface area contributed by atoms with Gasteiger partial charge in [0.05, 0.1) is 4.92 Å². The molecule has 0 aliphatic heterocycles. The normalized spacial score (nSPS) is 9.38. The van der Waals surface area contributed by atoms with E-state index in [1.807, 2.05) is 0 Å². The van der Waals surface area contributed by atoms with Gasteiger partial charge in [0.15, 0.2) is 0 Å². The molecule has 6 nitrogen and oxygen atoms in total. The van der Waals surface area contributed by atoms with E-state index in [4.69, 9.17) is 0 Å². The molecule has 0 aliphatic rings. The Morgan fingerprint density at radius 1 is 1.38 bits per heavy atom. The molecule has 0 spiro atoms. The molecule has 13 heavy (non-hydrogen) atoms. The molecule has 0 radical (unpaired) electrons. The summed E-state index contributed by atoms with van der Waals surface area (Å²) in [5.74, 6) is 0.854. The van der Waals surface area contributed by atoms with Gasteiger partial charge in [0.25, 0.3) is 0 Å². The zero-order chi connectivity index (χ0) is 9.84. The highest BCUT2D eigenvalue weighted by Crippen LogP contribution is 2.22. The summed E-state index contributed by atoms with van der Waals surface area (Å²) in [5.41, 5.74) is -0.0264. The Labute approximate surface area is 75.1 Å². The SMILES string of the molecule is CNc1ccc([N+](=O)[O-])c(NC)n1. The van der Waals surface area contributed by atoms with Crippen LogP contribution < -0.4 is 10.6 Å². The Balaban J connectivity index is 3.15. The van der Waals surface area contributed by atoms with Crippen LogP contribution in [0.15, 0.2) is 12.1 Å². The first-order valence-corrected chi connectivity index (χ1v) is 3.70. The lowest BCUT2D eigenvalue weighted by Gasteiger charge is -2.03. The minimum Gasteiger partial charge on any atom is -0.373 e. The molecule has 1 rings (SSSR count). The van der Waals surface area contributed by atoms with Crippen LogP contribution in [-0.2, 0) is 0 Å². The highest BCUT2D eigenvalue weighted by atomic mass is 16.6. The van der Waals surface area contributed by atoms with Gasteiger partial charge in [0.1, 0.15) is 5.82 Å². The smallest absolute Gasteiger partial charge is 0.311 e. The fourth-order valence-corrected chi connectivity index (χ4v) is 0.922. The molecule has 0 saturated heterocycles. The van der Waals surface area contributed by atoms with Gasteiger partial charge in [-0.15, -0.1) is 0 Å². The van der Waals surface area contributed by atoms with Crippen LogP contribution in [0.1, 0.15) is 0 Å². The van der Waals surface area contributed by atoms with Crippen LogP contribution in [0, 0.1) is 10.1 Å². The van der Waals surface area contributed by atoms with E-state index in [0.29, 0.717) is 5.82 Å². The Hall–Kier alpha value is -1.85. The minimum absolute atomic E-state index is 0.0264. The highest BCUT2D eigenvalue weighted by molar-refractivity contribution is 5.59. The van der Waals surface area contributed by atoms with E-state index in [1.54, 1.807) is 20.2 Å². The Morgan fingerprint density at radius 2 is 2.08 bits per heavy atom. The molecule has 1 aromatic rings. The molecule has 0 unspecified atom stereocenters. The Morgan fingerprint density at radius 3 is 2.54 bits per heavy atom. The van der Waals surface area contributed by atoms with Gasteiger partial charge in [-0.3, -0.25) is 10.1 Å². The van der Waals surface area contributed by atoms with Crippen molar-refractivity contribution >= 4 is 17.3 Å². The lowest BCUT2D eigenvalue weighted by molar-refractivity contribution is -0.384. The Kier molecular flexibility index (Phi) is 2.63. The number of nitrogens with one attached hydrogen (secondary N) is 2. The number of hydrogen-bond acceptors (Lipinski definition) is 5. The van der Waals surface area contributed by atoms with Crippen molar-refractivity contribution in [1.29, 1.82) is 0 Å². The lowest BCUT2D eigenvalue weighted by Crippen LogP contribution is -2.01. The molecular formula is C7H10N4O2. The van der Waals surface area contributed by atoms with E-state index in [0.717, 1.165) is 0 Å². The van der Waals surface area contributed by atoms with Crippen molar-refractivity contribution in [3.8, 4) is 0 Å². The first-order chi connectivity index (χ1) is 6.19. The molecule has 0 aliphatic carbocycles. The second kappa shape index (κ2) is 3.70. The molecule has 0 aromatic carbocycles. The highest BCUT2D eigenvalue weighted by Gasteiger charge is 2.13. The monoisotopic (exact) mass is 182 g/mol. The van der Waals surface area contributed by atoms with Crippen molar-refractivity contribution in [3.63, 3.8) is 0 Å². The molecule has 70 valence electrons. The molecule has 1 heterocycles. The van der Waals surface area contributed by atoms with Gasteiger partial charge in [-0.25, -0.2) is 4.98 Å². The lowest BCUT2D eigenvalue weighted by atomic mass is 10.4. The quantitative estimate of drug-likeness (QED) is 0.540. The number of aromatic nitrogens is 1. The number of rotatable bonds is 3. The number of nitrogens with zero attached hydrogens (tertiary/aromatic N) is 2. The third-order valence-electron chi connectivity index (χ3n) is 1.56. The van der Waals surface area contributed by atoms with Crippen LogP contribution in [0.3, 0.4) is 0 Å². The molecule has 0 saturated carbocycles. The van der Waals surface area contributed by atoms with Crippen LogP contribution in [0.5, 0.6) is 0 Å². The van der Waals surface area contributed by atoms with Crippen LogP contribution in [0.25, 0.3) is 0 Å². The number of nitro groups is 1. The van der Waals surface area contributed by atoms with Crippen molar-refractivity contribution in [2.75, 3.05) is 24.7 Å². The Bertz CT molecular complexity index is 326. The standard InChI is InChI=1S/C7H10N4O2/c1-8-6-4-3-5(11(12)13)7(9-2)10-6/h3-4H,1-2H3,(H2,8,9,10). The van der Waals surface area contributed by atoms with Gasteiger partial charge in [-0.2, -0.15) is 0 Å². The topological polar surface area (TPSA) is 80.1 Å². The zero-order valence-electron chi connectivity index (χ0n) is 7.37. The first-order valence-electron chi connectivity index (χ1n) is 3.70. The molecule has 0 fully saturated rings. The first kappa shape index (κ1) is 9.24. The molecule has 2 N–H and O–H groups in total. The van der Waals surface area contributed by atoms with E-state index >= 15 is 0 Å². The van der Waals surface area contributed by atoms with Gasteiger partial charge in [0, 0.05) is 20.2 Å². The third-order valence-corrected chi connectivity index (χ3v) is 1.56. The maximum atomic E-state index is 10.5. The van der Waals surface area contributed by atoms with Crippen LogP contribution in [0.2, 0.25) is 0 Å². The summed E-state index contributed by atoms with van der Waals surface area (Å²) in [6.45, 7) is 0. The number of hydrogen-bond donors (Lipinski definition) is 2. The second-order valence-electron chi connectivity index (χ2n) is 2.32. The molecule has 6 heteroatoms. The summed E-state index contributed by atoms with van der Waals surface area (Å²) in [4.78, 5) is 14.0. The summed E-state index contributed by atoms with van der Waals surface area (Å²) >= 11 is 0. The average molecular weight is 182 g/mol. The minimum atomic E-state index is -0.474. The number of anilines is 2. The van der Waals surface area contributed by atoms with E-state index in [-0.39, 0.29) is 11.5 Å². The molecule has 0 amide bonds. The van der Waals surface area contributed by atoms with E-state index in [2.05, 4.69) is 15.6 Å². The fourth-order valence-electron chi connectivity index (χ4n) is 0.922. The van der Waals surface area contributed by atoms with Crippen molar-refractivity contribution < 1.29 is 4.92 Å². The summed E-state index contributed by atoms with van der Waals surface area (Å²) in [7, 11) is 3.29. The van der Waals surface area contributed by atoms with Crippen molar-refractivity contribution in [3.05, 3.63) is 22.2 Å². The van der Waals surface area contributed by atoms with Crippen LogP contribution in [-0.4, -0.2) is 24.0 Å². The summed E-state index contributed by atoms with van der Waals surface area (Å²) < 4.78 is 0. The summed E-state index contributed by atoms with van der Waals surface area (Å²) in [6, 6.07) is 2.96.